The van der Waals surface area contributed by atoms with Crippen molar-refractivity contribution in [1.29, 1.82) is 0 Å². The molecule has 0 spiro atoms. The van der Waals surface area contributed by atoms with Crippen molar-refractivity contribution in [2.45, 2.75) is 18.9 Å². The molecule has 2 N–H and O–H groups in total. The number of rotatable bonds is 5. The van der Waals surface area contributed by atoms with Gasteiger partial charge in [0.1, 0.15) is 5.82 Å². The van der Waals surface area contributed by atoms with E-state index in [2.05, 4.69) is 11.4 Å². The van der Waals surface area contributed by atoms with Gasteiger partial charge in [-0.25, -0.2) is 4.39 Å². The lowest BCUT2D eigenvalue weighted by molar-refractivity contribution is -0.118. The molecule has 23 heavy (non-hydrogen) atoms. The minimum Gasteiger partial charge on any atom is -0.396 e. The van der Waals surface area contributed by atoms with Gasteiger partial charge in [-0.3, -0.25) is 4.79 Å². The fraction of sp³-hybridized carbons (Fsp3) is 0.211. The maximum atomic E-state index is 13.1. The number of benzene rings is 1. The van der Waals surface area contributed by atoms with Crippen molar-refractivity contribution in [3.8, 4) is 0 Å². The molecule has 1 atom stereocenters. The standard InChI is InChI=1S/C19H16FNO2/c20-13-3-1-11(2-4-13)18(7-8-22)21-19(23)15-6-5-14-16-9-12(16)10-17(14)15/h1-6,10,18,22H,7-9H2,(H,21,23)/t18-/m0/s1. The first kappa shape index (κ1) is 14.2. The van der Waals surface area contributed by atoms with E-state index >= 15 is 0 Å². The van der Waals surface area contributed by atoms with Crippen LogP contribution in [0.2, 0.25) is 0 Å². The summed E-state index contributed by atoms with van der Waals surface area (Å²) in [5, 5.41) is 12.2. The quantitative estimate of drug-likeness (QED) is 0.878. The summed E-state index contributed by atoms with van der Waals surface area (Å²) in [6.07, 6.45) is 7.35. The third-order valence-corrected chi connectivity index (χ3v) is 4.51. The monoisotopic (exact) mass is 309 g/mol. The molecule has 0 unspecified atom stereocenters. The Morgan fingerprint density at radius 1 is 1.22 bits per heavy atom. The third-order valence-electron chi connectivity index (χ3n) is 4.51. The maximum absolute atomic E-state index is 13.1. The summed E-state index contributed by atoms with van der Waals surface area (Å²) in [7, 11) is 0. The second-order valence-corrected chi connectivity index (χ2v) is 5.99. The second kappa shape index (κ2) is 5.32. The molecule has 0 bridgehead atoms. The van der Waals surface area contributed by atoms with E-state index in [1.54, 1.807) is 12.1 Å². The molecule has 0 aliphatic heterocycles. The number of hydrogen-bond acceptors (Lipinski definition) is 2. The zero-order chi connectivity index (χ0) is 16.0. The molecule has 4 heteroatoms. The minimum absolute atomic E-state index is 0.0522. The number of halogens is 1. The lowest BCUT2D eigenvalue weighted by atomic mass is 10.0. The van der Waals surface area contributed by atoms with Crippen molar-refractivity contribution in [1.82, 2.24) is 5.32 Å². The predicted molar refractivity (Wildman–Crippen MR) is 84.9 cm³/mol. The Hall–Kier alpha value is -2.46. The molecule has 0 saturated heterocycles. The van der Waals surface area contributed by atoms with Crippen molar-refractivity contribution in [2.75, 3.05) is 6.61 Å². The van der Waals surface area contributed by atoms with Gasteiger partial charge in [0.05, 0.1) is 6.04 Å². The van der Waals surface area contributed by atoms with Crippen LogP contribution in [0.1, 0.15) is 24.4 Å². The van der Waals surface area contributed by atoms with Crippen molar-refractivity contribution in [2.24, 2.45) is 0 Å². The molecule has 0 heterocycles. The number of carbonyl (C=O) groups excluding carboxylic acids is 1. The van der Waals surface area contributed by atoms with Crippen LogP contribution in [0.4, 0.5) is 4.39 Å². The van der Waals surface area contributed by atoms with Crippen LogP contribution in [0.3, 0.4) is 0 Å². The van der Waals surface area contributed by atoms with Crippen molar-refractivity contribution in [3.05, 3.63) is 81.7 Å². The van der Waals surface area contributed by atoms with E-state index in [9.17, 15) is 14.3 Å². The van der Waals surface area contributed by atoms with Gasteiger partial charge in [-0.15, -0.1) is 0 Å². The lowest BCUT2D eigenvalue weighted by Crippen LogP contribution is -2.30. The van der Waals surface area contributed by atoms with Gasteiger partial charge in [-0.1, -0.05) is 18.2 Å². The molecule has 3 aliphatic rings. The Bertz CT molecular complexity index is 812. The Kier molecular flexibility index (Phi) is 3.27. The molecular formula is C19H16FNO2. The van der Waals surface area contributed by atoms with Gasteiger partial charge in [0.15, 0.2) is 0 Å². The number of nitrogens with one attached hydrogen (secondary N) is 1. The molecule has 1 amide bonds. The van der Waals surface area contributed by atoms with Crippen LogP contribution >= 0.6 is 0 Å². The smallest absolute Gasteiger partial charge is 0.252 e. The van der Waals surface area contributed by atoms with E-state index in [0.29, 0.717) is 12.0 Å². The SMILES string of the molecule is O=C(N[C@@H](CCO)c1ccc(F)cc1)C1=C2C=C3CC3=C2C=C1. The summed E-state index contributed by atoms with van der Waals surface area (Å²) in [5.74, 6) is -0.479. The van der Waals surface area contributed by atoms with Crippen molar-refractivity contribution >= 4 is 5.91 Å². The molecule has 1 fully saturated rings. The maximum Gasteiger partial charge on any atom is 0.252 e. The minimum atomic E-state index is -0.338. The van der Waals surface area contributed by atoms with E-state index in [4.69, 9.17) is 0 Å². The zero-order valence-electron chi connectivity index (χ0n) is 12.5. The molecular weight excluding hydrogens is 293 g/mol. The molecule has 1 aromatic rings. The van der Waals surface area contributed by atoms with Gasteiger partial charge in [-0.05, 0) is 65.0 Å². The fourth-order valence-corrected chi connectivity index (χ4v) is 3.22. The highest BCUT2D eigenvalue weighted by Crippen LogP contribution is 2.51. The molecule has 1 aromatic carbocycles. The van der Waals surface area contributed by atoms with Crippen molar-refractivity contribution in [3.63, 3.8) is 0 Å². The molecule has 0 aromatic heterocycles. The first-order chi connectivity index (χ1) is 11.2. The molecule has 3 nitrogen and oxygen atoms in total. The lowest BCUT2D eigenvalue weighted by Gasteiger charge is -2.19. The number of aliphatic hydroxyl groups excluding tert-OH is 1. The van der Waals surface area contributed by atoms with Crippen LogP contribution < -0.4 is 5.32 Å². The fourth-order valence-electron chi connectivity index (χ4n) is 3.22. The largest absolute Gasteiger partial charge is 0.396 e. The Morgan fingerprint density at radius 3 is 2.74 bits per heavy atom. The van der Waals surface area contributed by atoms with Crippen LogP contribution in [0.25, 0.3) is 0 Å². The van der Waals surface area contributed by atoms with E-state index in [1.165, 1.54) is 28.9 Å². The number of carbonyl (C=O) groups is 1. The average Bonchev–Trinajstić information content (AvgIpc) is 3.02. The highest BCUT2D eigenvalue weighted by molar-refractivity contribution is 6.02. The van der Waals surface area contributed by atoms with E-state index in [-0.39, 0.29) is 24.4 Å². The summed E-state index contributed by atoms with van der Waals surface area (Å²) in [5.41, 5.74) is 6.30. The molecule has 116 valence electrons. The van der Waals surface area contributed by atoms with Gasteiger partial charge in [0.25, 0.3) is 5.91 Å². The van der Waals surface area contributed by atoms with Crippen LogP contribution in [-0.2, 0) is 4.79 Å². The first-order valence-electron chi connectivity index (χ1n) is 7.71. The van der Waals surface area contributed by atoms with Crippen LogP contribution in [-0.4, -0.2) is 17.6 Å². The number of hydrogen-bond donors (Lipinski definition) is 2. The first-order valence-corrected chi connectivity index (χ1v) is 7.71. The van der Waals surface area contributed by atoms with Gasteiger partial charge >= 0.3 is 0 Å². The molecule has 4 rings (SSSR count). The summed E-state index contributed by atoms with van der Waals surface area (Å²) >= 11 is 0. The normalized spacial score (nSPS) is 18.8. The third kappa shape index (κ3) is 2.45. The average molecular weight is 309 g/mol. The van der Waals surface area contributed by atoms with Gasteiger partial charge in [0.2, 0.25) is 0 Å². The topological polar surface area (TPSA) is 49.3 Å². The van der Waals surface area contributed by atoms with Crippen LogP contribution in [0.5, 0.6) is 0 Å². The van der Waals surface area contributed by atoms with Crippen molar-refractivity contribution < 1.29 is 14.3 Å². The number of fused-ring (bicyclic) bond motifs is 2. The summed E-state index contributed by atoms with van der Waals surface area (Å²) in [6.45, 7) is -0.0522. The number of aliphatic hydroxyl groups is 1. The highest BCUT2D eigenvalue weighted by atomic mass is 19.1. The number of amides is 1. The predicted octanol–water partition coefficient (Wildman–Crippen LogP) is 2.87. The Morgan fingerprint density at radius 2 is 2.00 bits per heavy atom. The summed E-state index contributed by atoms with van der Waals surface area (Å²) < 4.78 is 13.1. The highest BCUT2D eigenvalue weighted by Gasteiger charge is 2.35. The molecule has 1 saturated carbocycles. The van der Waals surface area contributed by atoms with E-state index in [0.717, 1.165) is 17.6 Å². The van der Waals surface area contributed by atoms with E-state index < -0.39 is 0 Å². The van der Waals surface area contributed by atoms with Gasteiger partial charge in [-0.2, -0.15) is 0 Å². The zero-order valence-corrected chi connectivity index (χ0v) is 12.5. The van der Waals surface area contributed by atoms with Crippen LogP contribution in [0.15, 0.2) is 70.4 Å². The second-order valence-electron chi connectivity index (χ2n) is 5.99. The van der Waals surface area contributed by atoms with Gasteiger partial charge < -0.3 is 10.4 Å². The summed E-state index contributed by atoms with van der Waals surface area (Å²) in [4.78, 5) is 12.6. The Labute approximate surface area is 133 Å². The molecule has 3 aliphatic carbocycles. The molecule has 0 radical (unpaired) electrons. The summed E-state index contributed by atoms with van der Waals surface area (Å²) in [6, 6.07) is 5.66. The van der Waals surface area contributed by atoms with Gasteiger partial charge in [0, 0.05) is 12.2 Å². The van der Waals surface area contributed by atoms with E-state index in [1.807, 2.05) is 12.2 Å². The number of allylic oxidation sites excluding steroid dienone is 6. The Balaban J connectivity index is 1.56. The van der Waals surface area contributed by atoms with Crippen LogP contribution in [0, 0.1) is 5.82 Å².